The summed E-state index contributed by atoms with van der Waals surface area (Å²) in [6, 6.07) is 10.1. The van der Waals surface area contributed by atoms with Crippen LogP contribution in [0.4, 0.5) is 0 Å². The SMILES string of the molecule is CCCOc1cc2c(cc1-c1cc(C=CC(=O)O)ccc1OCOC)C(C)(C)CCC2(C)C. The van der Waals surface area contributed by atoms with Gasteiger partial charge >= 0.3 is 5.97 Å². The highest BCUT2D eigenvalue weighted by molar-refractivity contribution is 5.86. The number of carboxylic acid groups (broad SMARTS) is 1. The van der Waals surface area contributed by atoms with Gasteiger partial charge < -0.3 is 19.3 Å². The number of hydrogen-bond donors (Lipinski definition) is 1. The van der Waals surface area contributed by atoms with Gasteiger partial charge in [0.15, 0.2) is 6.79 Å². The molecule has 0 amide bonds. The summed E-state index contributed by atoms with van der Waals surface area (Å²) in [6.45, 7) is 12.0. The second-order valence-electron chi connectivity index (χ2n) is 9.99. The van der Waals surface area contributed by atoms with Gasteiger partial charge in [0.25, 0.3) is 0 Å². The monoisotopic (exact) mass is 452 g/mol. The Morgan fingerprint density at radius 2 is 1.61 bits per heavy atom. The molecule has 0 spiro atoms. The summed E-state index contributed by atoms with van der Waals surface area (Å²) in [7, 11) is 1.59. The van der Waals surface area contributed by atoms with E-state index in [0.29, 0.717) is 12.4 Å². The molecule has 178 valence electrons. The summed E-state index contributed by atoms with van der Waals surface area (Å²) in [6.07, 6.45) is 5.86. The van der Waals surface area contributed by atoms with Crippen LogP contribution < -0.4 is 9.47 Å². The first-order chi connectivity index (χ1) is 15.6. The fourth-order valence-corrected chi connectivity index (χ4v) is 4.41. The van der Waals surface area contributed by atoms with Crippen LogP contribution in [-0.4, -0.2) is 31.6 Å². The summed E-state index contributed by atoms with van der Waals surface area (Å²) < 4.78 is 17.3. The maximum Gasteiger partial charge on any atom is 0.328 e. The maximum atomic E-state index is 11.1. The first-order valence-corrected chi connectivity index (χ1v) is 11.6. The maximum absolute atomic E-state index is 11.1. The molecule has 0 heterocycles. The Balaban J connectivity index is 2.26. The van der Waals surface area contributed by atoms with Gasteiger partial charge in [0, 0.05) is 24.3 Å². The lowest BCUT2D eigenvalue weighted by atomic mass is 9.62. The topological polar surface area (TPSA) is 65.0 Å². The summed E-state index contributed by atoms with van der Waals surface area (Å²) in [5.74, 6) is 0.502. The highest BCUT2D eigenvalue weighted by atomic mass is 16.7. The van der Waals surface area contributed by atoms with Gasteiger partial charge in [-0.2, -0.15) is 0 Å². The quantitative estimate of drug-likeness (QED) is 0.344. The molecule has 0 bridgehead atoms. The van der Waals surface area contributed by atoms with Crippen LogP contribution in [0.25, 0.3) is 17.2 Å². The number of rotatable bonds is 9. The molecule has 0 aromatic heterocycles. The molecular weight excluding hydrogens is 416 g/mol. The zero-order valence-electron chi connectivity index (χ0n) is 20.7. The Bertz CT molecular complexity index is 1030. The first kappa shape index (κ1) is 24.8. The van der Waals surface area contributed by atoms with Crippen molar-refractivity contribution in [1.29, 1.82) is 0 Å². The third-order valence-electron chi connectivity index (χ3n) is 6.46. The van der Waals surface area contributed by atoms with E-state index in [0.717, 1.165) is 47.8 Å². The Labute approximate surface area is 197 Å². The smallest absolute Gasteiger partial charge is 0.328 e. The molecule has 1 aliphatic carbocycles. The van der Waals surface area contributed by atoms with Gasteiger partial charge in [-0.3, -0.25) is 0 Å². The second kappa shape index (κ2) is 10.0. The lowest BCUT2D eigenvalue weighted by molar-refractivity contribution is -0.131. The van der Waals surface area contributed by atoms with Gasteiger partial charge in [-0.05, 0) is 77.1 Å². The molecular formula is C28H36O5. The minimum absolute atomic E-state index is 0.0389. The van der Waals surface area contributed by atoms with Crippen LogP contribution in [0.3, 0.4) is 0 Å². The number of fused-ring (bicyclic) bond motifs is 1. The van der Waals surface area contributed by atoms with Crippen LogP contribution in [0.1, 0.15) is 70.6 Å². The highest BCUT2D eigenvalue weighted by Crippen LogP contribution is 2.50. The zero-order valence-corrected chi connectivity index (χ0v) is 20.7. The second-order valence-corrected chi connectivity index (χ2v) is 9.99. The van der Waals surface area contributed by atoms with E-state index in [-0.39, 0.29) is 17.6 Å². The van der Waals surface area contributed by atoms with Gasteiger partial charge in [0.1, 0.15) is 11.5 Å². The molecule has 0 unspecified atom stereocenters. The number of benzene rings is 2. The lowest BCUT2D eigenvalue weighted by Crippen LogP contribution is -2.34. The van der Waals surface area contributed by atoms with E-state index in [1.165, 1.54) is 11.1 Å². The minimum atomic E-state index is -0.985. The molecule has 33 heavy (non-hydrogen) atoms. The summed E-state index contributed by atoms with van der Waals surface area (Å²) in [4.78, 5) is 11.1. The van der Waals surface area contributed by atoms with Crippen molar-refractivity contribution in [2.45, 2.75) is 64.7 Å². The molecule has 1 N–H and O–H groups in total. The molecule has 2 aromatic rings. The average molecular weight is 453 g/mol. The van der Waals surface area contributed by atoms with Crippen LogP contribution in [0, 0.1) is 0 Å². The minimum Gasteiger partial charge on any atom is -0.493 e. The van der Waals surface area contributed by atoms with Gasteiger partial charge in [0.05, 0.1) is 6.61 Å². The van der Waals surface area contributed by atoms with E-state index in [2.05, 4.69) is 46.8 Å². The number of carbonyl (C=O) groups is 1. The molecule has 2 aromatic carbocycles. The van der Waals surface area contributed by atoms with Crippen molar-refractivity contribution in [1.82, 2.24) is 0 Å². The van der Waals surface area contributed by atoms with Gasteiger partial charge in [-0.1, -0.05) is 40.7 Å². The largest absolute Gasteiger partial charge is 0.493 e. The third-order valence-corrected chi connectivity index (χ3v) is 6.46. The van der Waals surface area contributed by atoms with Gasteiger partial charge in [-0.25, -0.2) is 4.79 Å². The number of hydrogen-bond acceptors (Lipinski definition) is 4. The van der Waals surface area contributed by atoms with Crippen LogP contribution in [0.5, 0.6) is 11.5 Å². The van der Waals surface area contributed by atoms with Crippen LogP contribution in [-0.2, 0) is 20.4 Å². The molecule has 0 fully saturated rings. The van der Waals surface area contributed by atoms with Crippen LogP contribution >= 0.6 is 0 Å². The van der Waals surface area contributed by atoms with Gasteiger partial charge in [-0.15, -0.1) is 0 Å². The first-order valence-electron chi connectivity index (χ1n) is 11.6. The van der Waals surface area contributed by atoms with E-state index < -0.39 is 5.97 Å². The molecule has 3 rings (SSSR count). The summed E-state index contributed by atoms with van der Waals surface area (Å²) >= 11 is 0. The van der Waals surface area contributed by atoms with Crippen LogP contribution in [0.2, 0.25) is 0 Å². The molecule has 1 aliphatic rings. The summed E-state index contributed by atoms with van der Waals surface area (Å²) in [5, 5.41) is 9.06. The van der Waals surface area contributed by atoms with E-state index in [1.807, 2.05) is 18.2 Å². The Kier molecular flexibility index (Phi) is 7.53. The Morgan fingerprint density at radius 3 is 2.21 bits per heavy atom. The number of carboxylic acids is 1. The Hall–Kier alpha value is -2.79. The fraction of sp³-hybridized carbons (Fsp3) is 0.464. The molecule has 5 heteroatoms. The van der Waals surface area contributed by atoms with E-state index in [4.69, 9.17) is 19.3 Å². The van der Waals surface area contributed by atoms with Crippen molar-refractivity contribution in [3.63, 3.8) is 0 Å². The zero-order chi connectivity index (χ0) is 24.2. The number of aliphatic carboxylic acids is 1. The van der Waals surface area contributed by atoms with Crippen molar-refractivity contribution < 1.29 is 24.1 Å². The number of methoxy groups -OCH3 is 1. The number of ether oxygens (including phenoxy) is 3. The van der Waals surface area contributed by atoms with Crippen LogP contribution in [0.15, 0.2) is 36.4 Å². The van der Waals surface area contributed by atoms with Crippen molar-refractivity contribution >= 4 is 12.0 Å². The fourth-order valence-electron chi connectivity index (χ4n) is 4.41. The molecule has 0 aliphatic heterocycles. The predicted octanol–water partition coefficient (Wildman–Crippen LogP) is 6.57. The van der Waals surface area contributed by atoms with Gasteiger partial charge in [0.2, 0.25) is 0 Å². The lowest BCUT2D eigenvalue weighted by Gasteiger charge is -2.42. The molecule has 0 saturated heterocycles. The van der Waals surface area contributed by atoms with Crippen molar-refractivity contribution in [3.8, 4) is 22.6 Å². The van der Waals surface area contributed by atoms with E-state index in [1.54, 1.807) is 13.2 Å². The summed E-state index contributed by atoms with van der Waals surface area (Å²) in [5.41, 5.74) is 5.33. The third kappa shape index (κ3) is 5.59. The van der Waals surface area contributed by atoms with Crippen molar-refractivity contribution in [3.05, 3.63) is 53.1 Å². The van der Waals surface area contributed by atoms with Crippen molar-refractivity contribution in [2.24, 2.45) is 0 Å². The van der Waals surface area contributed by atoms with Crippen molar-refractivity contribution in [2.75, 3.05) is 20.5 Å². The normalized spacial score (nSPS) is 16.4. The standard InChI is InChI=1S/C28H36O5/c1-7-14-32-25-17-23-22(27(2,3)12-13-28(23,4)5)16-21(25)20-15-19(9-11-26(29)30)8-10-24(20)33-18-31-6/h8-11,15-17H,7,12-14,18H2,1-6H3,(H,29,30). The predicted molar refractivity (Wildman–Crippen MR) is 132 cm³/mol. The molecule has 0 saturated carbocycles. The molecule has 0 radical (unpaired) electrons. The highest BCUT2D eigenvalue weighted by Gasteiger charge is 2.38. The van der Waals surface area contributed by atoms with E-state index >= 15 is 0 Å². The Morgan fingerprint density at radius 1 is 0.970 bits per heavy atom. The molecule has 5 nitrogen and oxygen atoms in total. The molecule has 0 atom stereocenters. The van der Waals surface area contributed by atoms with E-state index in [9.17, 15) is 4.79 Å². The average Bonchev–Trinajstić information content (AvgIpc) is 2.77.